The van der Waals surface area contributed by atoms with E-state index < -0.39 is 23.9 Å². The summed E-state index contributed by atoms with van der Waals surface area (Å²) in [5.41, 5.74) is 7.12. The number of amides is 2. The van der Waals surface area contributed by atoms with Crippen molar-refractivity contribution < 1.29 is 23.9 Å². The number of hydrogen-bond donors (Lipinski definition) is 2. The summed E-state index contributed by atoms with van der Waals surface area (Å²) in [5.74, 6) is -1.64. The Bertz CT molecular complexity index is 802. The third kappa shape index (κ3) is 5.15. The fourth-order valence-corrected chi connectivity index (χ4v) is 2.20. The van der Waals surface area contributed by atoms with Gasteiger partial charge < -0.3 is 20.5 Å². The number of nitrogens with two attached hydrogens (primary N) is 1. The molecule has 0 heterocycles. The maximum atomic E-state index is 12.2. The highest BCUT2D eigenvalue weighted by molar-refractivity contribution is 5.98. The molecule has 26 heavy (non-hydrogen) atoms. The van der Waals surface area contributed by atoms with E-state index in [1.165, 1.54) is 19.1 Å². The Morgan fingerprint density at radius 1 is 1.08 bits per heavy atom. The smallest absolute Gasteiger partial charge is 0.338 e. The zero-order valence-corrected chi connectivity index (χ0v) is 14.5. The van der Waals surface area contributed by atoms with Crippen LogP contribution in [-0.2, 0) is 20.9 Å². The number of nitrogens with one attached hydrogen (secondary N) is 1. The van der Waals surface area contributed by atoms with Crippen molar-refractivity contribution in [3.63, 3.8) is 0 Å². The standard InChI is InChI=1S/C19H20N2O5/c1-12(18(23)21-16-8-6-14(7-9-16)17(20)22)26-19(24)15-5-3-4-13(10-15)11-25-2/h3-10,12H,11H2,1-2H3,(H2,20,22)(H,21,23)/t12-/m1/s1. The second-order valence-corrected chi connectivity index (χ2v) is 5.61. The van der Waals surface area contributed by atoms with Crippen LogP contribution in [0.3, 0.4) is 0 Å². The van der Waals surface area contributed by atoms with E-state index in [4.69, 9.17) is 15.2 Å². The molecule has 136 valence electrons. The second-order valence-electron chi connectivity index (χ2n) is 5.61. The molecule has 2 rings (SSSR count). The van der Waals surface area contributed by atoms with Crippen molar-refractivity contribution in [2.75, 3.05) is 12.4 Å². The predicted octanol–water partition coefficient (Wildman–Crippen LogP) is 2.12. The SMILES string of the molecule is COCc1cccc(C(=O)O[C@H](C)C(=O)Nc2ccc(C(N)=O)cc2)c1. The van der Waals surface area contributed by atoms with E-state index in [0.717, 1.165) is 5.56 Å². The molecule has 0 saturated carbocycles. The number of hydrogen-bond acceptors (Lipinski definition) is 5. The number of rotatable bonds is 7. The van der Waals surface area contributed by atoms with Gasteiger partial charge in [0.25, 0.3) is 5.91 Å². The van der Waals surface area contributed by atoms with Gasteiger partial charge in [0.05, 0.1) is 12.2 Å². The predicted molar refractivity (Wildman–Crippen MR) is 95.6 cm³/mol. The van der Waals surface area contributed by atoms with Crippen LogP contribution >= 0.6 is 0 Å². The third-order valence-corrected chi connectivity index (χ3v) is 3.56. The Balaban J connectivity index is 1.96. The maximum Gasteiger partial charge on any atom is 0.338 e. The van der Waals surface area contributed by atoms with Crippen LogP contribution in [0, 0.1) is 0 Å². The summed E-state index contributed by atoms with van der Waals surface area (Å²) in [7, 11) is 1.56. The molecule has 1 atom stereocenters. The molecule has 0 spiro atoms. The molecular weight excluding hydrogens is 336 g/mol. The molecule has 0 unspecified atom stereocenters. The van der Waals surface area contributed by atoms with Crippen LogP contribution in [0.4, 0.5) is 5.69 Å². The summed E-state index contributed by atoms with van der Waals surface area (Å²) < 4.78 is 10.2. The zero-order chi connectivity index (χ0) is 19.1. The van der Waals surface area contributed by atoms with Gasteiger partial charge in [-0.05, 0) is 48.9 Å². The molecule has 2 aromatic carbocycles. The second kappa shape index (κ2) is 8.77. The van der Waals surface area contributed by atoms with Gasteiger partial charge in [0.15, 0.2) is 6.10 Å². The molecule has 0 aliphatic rings. The van der Waals surface area contributed by atoms with E-state index in [9.17, 15) is 14.4 Å². The highest BCUT2D eigenvalue weighted by Crippen LogP contribution is 2.12. The lowest BCUT2D eigenvalue weighted by Crippen LogP contribution is -2.30. The molecule has 0 radical (unpaired) electrons. The summed E-state index contributed by atoms with van der Waals surface area (Å²) in [4.78, 5) is 35.4. The number of esters is 1. The van der Waals surface area contributed by atoms with Crippen molar-refractivity contribution in [2.24, 2.45) is 5.73 Å². The average Bonchev–Trinajstić information content (AvgIpc) is 2.62. The van der Waals surface area contributed by atoms with Crippen molar-refractivity contribution in [3.8, 4) is 0 Å². The van der Waals surface area contributed by atoms with Crippen LogP contribution in [0.1, 0.15) is 33.2 Å². The lowest BCUT2D eigenvalue weighted by Gasteiger charge is -2.14. The number of carbonyl (C=O) groups excluding carboxylic acids is 3. The molecule has 0 aliphatic carbocycles. The lowest BCUT2D eigenvalue weighted by atomic mass is 10.1. The largest absolute Gasteiger partial charge is 0.449 e. The monoisotopic (exact) mass is 356 g/mol. The quantitative estimate of drug-likeness (QED) is 0.739. The Morgan fingerprint density at radius 3 is 2.38 bits per heavy atom. The summed E-state index contributed by atoms with van der Waals surface area (Å²) >= 11 is 0. The van der Waals surface area contributed by atoms with Crippen molar-refractivity contribution in [3.05, 3.63) is 65.2 Å². The molecule has 0 aromatic heterocycles. The van der Waals surface area contributed by atoms with Gasteiger partial charge in [-0.25, -0.2) is 4.79 Å². The van der Waals surface area contributed by atoms with Crippen LogP contribution in [0.2, 0.25) is 0 Å². The van der Waals surface area contributed by atoms with E-state index in [2.05, 4.69) is 5.32 Å². The van der Waals surface area contributed by atoms with E-state index >= 15 is 0 Å². The summed E-state index contributed by atoms with van der Waals surface area (Å²) in [6.07, 6.45) is -0.996. The van der Waals surface area contributed by atoms with E-state index in [1.54, 1.807) is 37.4 Å². The normalized spacial score (nSPS) is 11.5. The van der Waals surface area contributed by atoms with Crippen molar-refractivity contribution in [1.82, 2.24) is 0 Å². The van der Waals surface area contributed by atoms with E-state index in [1.807, 2.05) is 6.07 Å². The number of ether oxygens (including phenoxy) is 2. The summed E-state index contributed by atoms with van der Waals surface area (Å²) in [5, 5.41) is 2.61. The fraction of sp³-hybridized carbons (Fsp3) is 0.211. The Kier molecular flexibility index (Phi) is 6.46. The van der Waals surface area contributed by atoms with E-state index in [0.29, 0.717) is 23.4 Å². The van der Waals surface area contributed by atoms with Crippen LogP contribution in [-0.4, -0.2) is 31.0 Å². The first-order valence-electron chi connectivity index (χ1n) is 7.90. The average molecular weight is 356 g/mol. The van der Waals surface area contributed by atoms with Crippen LogP contribution < -0.4 is 11.1 Å². The molecule has 0 aliphatic heterocycles. The van der Waals surface area contributed by atoms with Crippen LogP contribution in [0.5, 0.6) is 0 Å². The van der Waals surface area contributed by atoms with Gasteiger partial charge in [0.1, 0.15) is 0 Å². The van der Waals surface area contributed by atoms with Gasteiger partial charge in [-0.3, -0.25) is 9.59 Å². The molecule has 7 nitrogen and oxygen atoms in total. The molecule has 0 saturated heterocycles. The molecule has 0 fully saturated rings. The highest BCUT2D eigenvalue weighted by atomic mass is 16.5. The summed E-state index contributed by atoms with van der Waals surface area (Å²) in [6.45, 7) is 1.85. The number of anilines is 1. The summed E-state index contributed by atoms with van der Waals surface area (Å²) in [6, 6.07) is 12.9. The van der Waals surface area contributed by atoms with E-state index in [-0.39, 0.29) is 0 Å². The third-order valence-electron chi connectivity index (χ3n) is 3.56. The molecule has 2 amide bonds. The minimum absolute atomic E-state index is 0.332. The van der Waals surface area contributed by atoms with Gasteiger partial charge in [-0.15, -0.1) is 0 Å². The first kappa shape index (κ1) is 19.1. The number of benzene rings is 2. The molecule has 7 heteroatoms. The van der Waals surface area contributed by atoms with Crippen molar-refractivity contribution in [1.29, 1.82) is 0 Å². The molecule has 0 bridgehead atoms. The Labute approximate surface area is 151 Å². The number of methoxy groups -OCH3 is 1. The Hall–Kier alpha value is -3.19. The van der Waals surface area contributed by atoms with Gasteiger partial charge in [-0.2, -0.15) is 0 Å². The zero-order valence-electron chi connectivity index (χ0n) is 14.5. The minimum Gasteiger partial charge on any atom is -0.449 e. The van der Waals surface area contributed by atoms with Gasteiger partial charge in [0.2, 0.25) is 5.91 Å². The lowest BCUT2D eigenvalue weighted by molar-refractivity contribution is -0.123. The number of primary amides is 1. The van der Waals surface area contributed by atoms with Crippen molar-refractivity contribution in [2.45, 2.75) is 19.6 Å². The molecule has 3 N–H and O–H groups in total. The molecule has 2 aromatic rings. The fourth-order valence-electron chi connectivity index (χ4n) is 2.20. The van der Waals surface area contributed by atoms with Crippen molar-refractivity contribution >= 4 is 23.5 Å². The van der Waals surface area contributed by atoms with Crippen LogP contribution in [0.15, 0.2) is 48.5 Å². The Morgan fingerprint density at radius 2 is 1.77 bits per heavy atom. The topological polar surface area (TPSA) is 108 Å². The minimum atomic E-state index is -0.996. The highest BCUT2D eigenvalue weighted by Gasteiger charge is 2.19. The van der Waals surface area contributed by atoms with Crippen LogP contribution in [0.25, 0.3) is 0 Å². The molecular formula is C19H20N2O5. The number of carbonyl (C=O) groups is 3. The first-order chi connectivity index (χ1) is 12.4. The van der Waals surface area contributed by atoms with Gasteiger partial charge >= 0.3 is 5.97 Å². The maximum absolute atomic E-state index is 12.2. The first-order valence-corrected chi connectivity index (χ1v) is 7.90. The van der Waals surface area contributed by atoms with Gasteiger partial charge in [-0.1, -0.05) is 12.1 Å². The van der Waals surface area contributed by atoms with Gasteiger partial charge in [0, 0.05) is 18.4 Å².